The van der Waals surface area contributed by atoms with E-state index in [1.807, 2.05) is 0 Å². The lowest BCUT2D eigenvalue weighted by molar-refractivity contribution is -0.152. The SMILES string of the molecule is CCCCCCCCCCCCCCCCCC(=O)OC1CCCCN1. The molecular formula is C23H45NO2. The second kappa shape index (κ2) is 17.8. The van der Waals surface area contributed by atoms with Crippen molar-refractivity contribution < 1.29 is 9.53 Å². The molecule has 1 saturated heterocycles. The van der Waals surface area contributed by atoms with Crippen LogP contribution in [-0.4, -0.2) is 18.7 Å². The summed E-state index contributed by atoms with van der Waals surface area (Å²) in [5.41, 5.74) is 0. The standard InChI is InChI=1S/C23H45NO2/c1-2-3-4-5-6-7-8-9-10-11-12-13-14-15-16-20-23(25)26-22-19-17-18-21-24-22/h22,24H,2-21H2,1H3. The van der Waals surface area contributed by atoms with Gasteiger partial charge in [0.25, 0.3) is 0 Å². The van der Waals surface area contributed by atoms with Crippen LogP contribution in [0.1, 0.15) is 129 Å². The molecule has 1 heterocycles. The molecule has 1 N–H and O–H groups in total. The van der Waals surface area contributed by atoms with E-state index in [4.69, 9.17) is 4.74 Å². The predicted octanol–water partition coefficient (Wildman–Crippen LogP) is 6.89. The first-order valence-corrected chi connectivity index (χ1v) is 11.8. The van der Waals surface area contributed by atoms with Crippen LogP contribution in [0.4, 0.5) is 0 Å². The number of ether oxygens (including phenoxy) is 1. The van der Waals surface area contributed by atoms with Gasteiger partial charge in [-0.05, 0) is 32.2 Å². The zero-order chi connectivity index (χ0) is 18.7. The molecule has 0 saturated carbocycles. The highest BCUT2D eigenvalue weighted by atomic mass is 16.6. The van der Waals surface area contributed by atoms with Crippen LogP contribution in [0.25, 0.3) is 0 Å². The molecule has 0 bridgehead atoms. The fourth-order valence-corrected chi connectivity index (χ4v) is 3.78. The van der Waals surface area contributed by atoms with Crippen molar-refractivity contribution in [1.82, 2.24) is 5.32 Å². The van der Waals surface area contributed by atoms with Crippen LogP contribution < -0.4 is 5.32 Å². The molecule has 1 aliphatic rings. The number of piperidine rings is 1. The number of carbonyl (C=O) groups is 1. The maximum atomic E-state index is 11.8. The first-order valence-electron chi connectivity index (χ1n) is 11.8. The first kappa shape index (κ1) is 23.5. The normalized spacial score (nSPS) is 17.3. The minimum Gasteiger partial charge on any atom is -0.447 e. The Hall–Kier alpha value is -0.570. The van der Waals surface area contributed by atoms with Crippen molar-refractivity contribution in [2.24, 2.45) is 0 Å². The van der Waals surface area contributed by atoms with E-state index in [1.54, 1.807) is 0 Å². The fraction of sp³-hybridized carbons (Fsp3) is 0.957. The van der Waals surface area contributed by atoms with Crippen LogP contribution in [-0.2, 0) is 9.53 Å². The van der Waals surface area contributed by atoms with Gasteiger partial charge in [0.2, 0.25) is 0 Å². The predicted molar refractivity (Wildman–Crippen MR) is 111 cm³/mol. The lowest BCUT2D eigenvalue weighted by Crippen LogP contribution is -2.37. The smallest absolute Gasteiger partial charge is 0.307 e. The third-order valence-corrected chi connectivity index (χ3v) is 5.52. The van der Waals surface area contributed by atoms with Crippen molar-refractivity contribution in [3.8, 4) is 0 Å². The Morgan fingerprint density at radius 2 is 1.27 bits per heavy atom. The number of hydrogen-bond acceptors (Lipinski definition) is 3. The average Bonchev–Trinajstić information content (AvgIpc) is 2.65. The molecule has 1 unspecified atom stereocenters. The van der Waals surface area contributed by atoms with Crippen molar-refractivity contribution in [2.75, 3.05) is 6.54 Å². The Labute approximate surface area is 163 Å². The molecule has 0 radical (unpaired) electrons. The number of nitrogens with one attached hydrogen (secondary N) is 1. The van der Waals surface area contributed by atoms with E-state index in [0.29, 0.717) is 6.42 Å². The Balaban J connectivity index is 1.73. The van der Waals surface area contributed by atoms with Gasteiger partial charge in [0.1, 0.15) is 0 Å². The van der Waals surface area contributed by atoms with E-state index in [1.165, 1.54) is 103 Å². The van der Waals surface area contributed by atoms with Crippen molar-refractivity contribution in [2.45, 2.75) is 135 Å². The Bertz CT molecular complexity index is 313. The lowest BCUT2D eigenvalue weighted by atomic mass is 10.0. The third-order valence-electron chi connectivity index (χ3n) is 5.52. The number of hydrogen-bond donors (Lipinski definition) is 1. The second-order valence-corrected chi connectivity index (χ2v) is 8.13. The molecule has 0 spiro atoms. The number of esters is 1. The molecule has 1 atom stereocenters. The molecule has 3 heteroatoms. The van der Waals surface area contributed by atoms with Crippen LogP contribution in [0.5, 0.6) is 0 Å². The van der Waals surface area contributed by atoms with Crippen molar-refractivity contribution in [3.05, 3.63) is 0 Å². The van der Waals surface area contributed by atoms with Gasteiger partial charge in [-0.3, -0.25) is 10.1 Å². The van der Waals surface area contributed by atoms with Gasteiger partial charge in [-0.2, -0.15) is 0 Å². The molecule has 0 aromatic heterocycles. The van der Waals surface area contributed by atoms with E-state index >= 15 is 0 Å². The summed E-state index contributed by atoms with van der Waals surface area (Å²) in [7, 11) is 0. The summed E-state index contributed by atoms with van der Waals surface area (Å²) < 4.78 is 5.46. The number of carbonyl (C=O) groups excluding carboxylic acids is 1. The summed E-state index contributed by atoms with van der Waals surface area (Å²) in [6.45, 7) is 3.26. The summed E-state index contributed by atoms with van der Waals surface area (Å²) in [6.07, 6.45) is 24.2. The van der Waals surface area contributed by atoms with Gasteiger partial charge in [-0.25, -0.2) is 0 Å². The fourth-order valence-electron chi connectivity index (χ4n) is 3.78. The van der Waals surface area contributed by atoms with Crippen LogP contribution >= 0.6 is 0 Å². The van der Waals surface area contributed by atoms with Gasteiger partial charge in [0.15, 0.2) is 6.23 Å². The second-order valence-electron chi connectivity index (χ2n) is 8.13. The summed E-state index contributed by atoms with van der Waals surface area (Å²) >= 11 is 0. The minimum absolute atomic E-state index is 0.0147. The van der Waals surface area contributed by atoms with Crippen LogP contribution in [0, 0.1) is 0 Å². The van der Waals surface area contributed by atoms with E-state index in [0.717, 1.165) is 19.4 Å². The van der Waals surface area contributed by atoms with Gasteiger partial charge < -0.3 is 4.74 Å². The van der Waals surface area contributed by atoms with Gasteiger partial charge in [-0.15, -0.1) is 0 Å². The average molecular weight is 368 g/mol. The summed E-state index contributed by atoms with van der Waals surface area (Å²) in [4.78, 5) is 11.8. The highest BCUT2D eigenvalue weighted by Crippen LogP contribution is 2.14. The van der Waals surface area contributed by atoms with Crippen molar-refractivity contribution in [1.29, 1.82) is 0 Å². The van der Waals surface area contributed by atoms with E-state index in [-0.39, 0.29) is 12.2 Å². The summed E-state index contributed by atoms with van der Waals surface area (Å²) in [5, 5.41) is 3.26. The van der Waals surface area contributed by atoms with Gasteiger partial charge in [-0.1, -0.05) is 96.8 Å². The third kappa shape index (κ3) is 14.6. The topological polar surface area (TPSA) is 38.3 Å². The van der Waals surface area contributed by atoms with E-state index in [2.05, 4.69) is 12.2 Å². The molecule has 154 valence electrons. The molecule has 0 aliphatic carbocycles. The minimum atomic E-state index is -0.0207. The van der Waals surface area contributed by atoms with Crippen LogP contribution in [0.3, 0.4) is 0 Å². The largest absolute Gasteiger partial charge is 0.447 e. The first-order chi connectivity index (χ1) is 12.8. The number of rotatable bonds is 17. The molecule has 26 heavy (non-hydrogen) atoms. The highest BCUT2D eigenvalue weighted by molar-refractivity contribution is 5.69. The zero-order valence-electron chi connectivity index (χ0n) is 17.5. The molecule has 0 amide bonds. The monoisotopic (exact) mass is 367 g/mol. The van der Waals surface area contributed by atoms with Crippen molar-refractivity contribution >= 4 is 5.97 Å². The van der Waals surface area contributed by atoms with E-state index < -0.39 is 0 Å². The zero-order valence-corrected chi connectivity index (χ0v) is 17.5. The Morgan fingerprint density at radius 1 is 0.769 bits per heavy atom. The molecular weight excluding hydrogens is 322 g/mol. The summed E-state index contributed by atoms with van der Waals surface area (Å²) in [6, 6.07) is 0. The Kier molecular flexibility index (Phi) is 16.1. The molecule has 0 aromatic rings. The van der Waals surface area contributed by atoms with E-state index in [9.17, 15) is 4.79 Å². The molecule has 1 fully saturated rings. The van der Waals surface area contributed by atoms with Gasteiger partial charge in [0.05, 0.1) is 0 Å². The van der Waals surface area contributed by atoms with Crippen LogP contribution in [0.15, 0.2) is 0 Å². The van der Waals surface area contributed by atoms with Crippen molar-refractivity contribution in [3.63, 3.8) is 0 Å². The molecule has 1 aliphatic heterocycles. The van der Waals surface area contributed by atoms with Gasteiger partial charge in [0, 0.05) is 6.42 Å². The quantitative estimate of drug-likeness (QED) is 0.225. The molecule has 1 rings (SSSR count). The molecule has 3 nitrogen and oxygen atoms in total. The maximum Gasteiger partial charge on any atom is 0.307 e. The molecule has 0 aromatic carbocycles. The van der Waals surface area contributed by atoms with Crippen LogP contribution in [0.2, 0.25) is 0 Å². The lowest BCUT2D eigenvalue weighted by Gasteiger charge is -2.23. The Morgan fingerprint density at radius 3 is 1.73 bits per heavy atom. The highest BCUT2D eigenvalue weighted by Gasteiger charge is 2.16. The summed E-state index contributed by atoms with van der Waals surface area (Å²) in [5.74, 6) is -0.0147. The maximum absolute atomic E-state index is 11.8. The number of unbranched alkanes of at least 4 members (excludes halogenated alkanes) is 14. The van der Waals surface area contributed by atoms with Gasteiger partial charge >= 0.3 is 5.97 Å².